The summed E-state index contributed by atoms with van der Waals surface area (Å²) in [7, 11) is 0. The topological polar surface area (TPSA) is 97.5 Å². The van der Waals surface area contributed by atoms with E-state index in [1.807, 2.05) is 30.3 Å². The number of pyridine rings is 1. The van der Waals surface area contributed by atoms with E-state index in [0.29, 0.717) is 12.2 Å². The van der Waals surface area contributed by atoms with Crippen LogP contribution in [0.1, 0.15) is 43.0 Å². The van der Waals surface area contributed by atoms with Crippen molar-refractivity contribution in [2.45, 2.75) is 44.7 Å². The molecule has 30 heavy (non-hydrogen) atoms. The Kier molecular flexibility index (Phi) is 5.86. The van der Waals surface area contributed by atoms with Crippen LogP contribution < -0.4 is 11.1 Å². The number of anilines is 1. The van der Waals surface area contributed by atoms with Gasteiger partial charge in [0.05, 0.1) is 17.8 Å². The lowest BCUT2D eigenvalue weighted by Crippen LogP contribution is -2.33. The SMILES string of the molecule is CCOC(=O)c1cnc2ccc(-c3ccc(O)cc3)cc2c1NC1CCC(N)CC1. The van der Waals surface area contributed by atoms with Gasteiger partial charge < -0.3 is 20.9 Å². The summed E-state index contributed by atoms with van der Waals surface area (Å²) in [4.78, 5) is 17.1. The molecule has 1 aromatic heterocycles. The van der Waals surface area contributed by atoms with Gasteiger partial charge in [-0.1, -0.05) is 18.2 Å². The summed E-state index contributed by atoms with van der Waals surface area (Å²) in [6, 6.07) is 13.6. The molecule has 1 aliphatic carbocycles. The van der Waals surface area contributed by atoms with Crippen molar-refractivity contribution in [3.63, 3.8) is 0 Å². The van der Waals surface area contributed by atoms with Crippen LogP contribution in [0.5, 0.6) is 5.75 Å². The number of nitrogens with one attached hydrogen (secondary N) is 1. The van der Waals surface area contributed by atoms with Gasteiger partial charge in [-0.15, -0.1) is 0 Å². The maximum Gasteiger partial charge on any atom is 0.341 e. The van der Waals surface area contributed by atoms with Crippen molar-refractivity contribution in [2.24, 2.45) is 5.73 Å². The fourth-order valence-corrected chi connectivity index (χ4v) is 4.01. The molecular weight excluding hydrogens is 378 g/mol. The Morgan fingerprint density at radius 2 is 1.83 bits per heavy atom. The molecule has 156 valence electrons. The minimum absolute atomic E-state index is 0.226. The van der Waals surface area contributed by atoms with E-state index in [-0.39, 0.29) is 23.8 Å². The molecule has 0 atom stereocenters. The van der Waals surface area contributed by atoms with Crippen LogP contribution in [0.25, 0.3) is 22.0 Å². The number of esters is 1. The van der Waals surface area contributed by atoms with E-state index < -0.39 is 0 Å². The number of phenols is 1. The number of carbonyl (C=O) groups excluding carboxylic acids is 1. The minimum Gasteiger partial charge on any atom is -0.508 e. The van der Waals surface area contributed by atoms with E-state index in [2.05, 4.69) is 10.3 Å². The third kappa shape index (κ3) is 4.24. The highest BCUT2D eigenvalue weighted by Gasteiger charge is 2.23. The van der Waals surface area contributed by atoms with Crippen LogP contribution in [0.4, 0.5) is 5.69 Å². The number of carbonyl (C=O) groups is 1. The minimum atomic E-state index is -0.378. The van der Waals surface area contributed by atoms with Crippen LogP contribution in [0, 0.1) is 0 Å². The Morgan fingerprint density at radius 3 is 2.53 bits per heavy atom. The molecule has 1 aliphatic rings. The van der Waals surface area contributed by atoms with E-state index in [1.54, 1.807) is 25.3 Å². The zero-order valence-corrected chi connectivity index (χ0v) is 17.1. The Bertz CT molecular complexity index is 1040. The largest absolute Gasteiger partial charge is 0.508 e. The van der Waals surface area contributed by atoms with Crippen LogP contribution in [0.3, 0.4) is 0 Å². The zero-order valence-electron chi connectivity index (χ0n) is 17.1. The first-order valence-electron chi connectivity index (χ1n) is 10.5. The molecule has 1 heterocycles. The molecule has 1 saturated carbocycles. The smallest absolute Gasteiger partial charge is 0.341 e. The summed E-state index contributed by atoms with van der Waals surface area (Å²) in [6.45, 7) is 2.10. The first kappa shape index (κ1) is 20.2. The van der Waals surface area contributed by atoms with Gasteiger partial charge in [0.1, 0.15) is 11.3 Å². The van der Waals surface area contributed by atoms with E-state index in [0.717, 1.165) is 53.4 Å². The van der Waals surface area contributed by atoms with Crippen LogP contribution in [0.2, 0.25) is 0 Å². The molecule has 4 N–H and O–H groups in total. The van der Waals surface area contributed by atoms with E-state index in [1.165, 1.54) is 0 Å². The second-order valence-electron chi connectivity index (χ2n) is 7.80. The lowest BCUT2D eigenvalue weighted by molar-refractivity contribution is 0.0527. The average molecular weight is 405 g/mol. The standard InChI is InChI=1S/C24H27N3O3/c1-2-30-24(29)21-14-26-22-12-5-16(15-3-10-19(28)11-4-15)13-20(22)23(21)27-18-8-6-17(25)7-9-18/h3-5,10-14,17-18,28H,2,6-9,25H2,1H3,(H,26,27). The van der Waals surface area contributed by atoms with E-state index in [4.69, 9.17) is 10.5 Å². The third-order valence-electron chi connectivity index (χ3n) is 5.68. The fourth-order valence-electron chi connectivity index (χ4n) is 4.01. The van der Waals surface area contributed by atoms with Gasteiger partial charge in [0.15, 0.2) is 0 Å². The molecule has 0 unspecified atom stereocenters. The number of hydrogen-bond acceptors (Lipinski definition) is 6. The maximum absolute atomic E-state index is 12.6. The number of nitrogens with zero attached hydrogens (tertiary/aromatic N) is 1. The number of benzene rings is 2. The number of hydrogen-bond donors (Lipinski definition) is 3. The van der Waals surface area contributed by atoms with Gasteiger partial charge in [0.2, 0.25) is 0 Å². The highest BCUT2D eigenvalue weighted by atomic mass is 16.5. The summed E-state index contributed by atoms with van der Waals surface area (Å²) in [5.74, 6) is -0.152. The van der Waals surface area contributed by atoms with Crippen molar-refractivity contribution in [2.75, 3.05) is 11.9 Å². The summed E-state index contributed by atoms with van der Waals surface area (Å²) in [5, 5.41) is 14.1. The highest BCUT2D eigenvalue weighted by Crippen LogP contribution is 2.33. The van der Waals surface area contributed by atoms with Crippen LogP contribution in [-0.4, -0.2) is 34.8 Å². The molecule has 0 spiro atoms. The molecule has 0 aliphatic heterocycles. The Balaban J connectivity index is 1.79. The number of ether oxygens (including phenoxy) is 1. The van der Waals surface area contributed by atoms with Crippen molar-refractivity contribution in [3.05, 3.63) is 54.2 Å². The molecular formula is C24H27N3O3. The number of phenolic OH excluding ortho intramolecular Hbond substituents is 1. The number of nitrogens with two attached hydrogens (primary N) is 1. The molecule has 0 bridgehead atoms. The van der Waals surface area contributed by atoms with Gasteiger partial charge in [0.25, 0.3) is 0 Å². The Hall–Kier alpha value is -3.12. The second kappa shape index (κ2) is 8.71. The van der Waals surface area contributed by atoms with Crippen LogP contribution in [-0.2, 0) is 4.74 Å². The monoisotopic (exact) mass is 405 g/mol. The second-order valence-corrected chi connectivity index (χ2v) is 7.80. The molecule has 0 saturated heterocycles. The number of aromatic nitrogens is 1. The van der Waals surface area contributed by atoms with Gasteiger partial charge in [0, 0.05) is 23.7 Å². The predicted octanol–water partition coefficient (Wildman–Crippen LogP) is 4.47. The van der Waals surface area contributed by atoms with Crippen LogP contribution >= 0.6 is 0 Å². The summed E-state index contributed by atoms with van der Waals surface area (Å²) >= 11 is 0. The fraction of sp³-hybridized carbons (Fsp3) is 0.333. The lowest BCUT2D eigenvalue weighted by Gasteiger charge is -2.28. The average Bonchev–Trinajstić information content (AvgIpc) is 2.76. The third-order valence-corrected chi connectivity index (χ3v) is 5.68. The molecule has 4 rings (SSSR count). The summed E-state index contributed by atoms with van der Waals surface area (Å²) < 4.78 is 5.29. The lowest BCUT2D eigenvalue weighted by atomic mass is 9.91. The zero-order chi connectivity index (χ0) is 21.1. The molecule has 0 radical (unpaired) electrons. The molecule has 2 aromatic carbocycles. The number of aromatic hydroxyl groups is 1. The van der Waals surface area contributed by atoms with Gasteiger partial charge in [-0.05, 0) is 68.0 Å². The quantitative estimate of drug-likeness (QED) is 0.542. The molecule has 6 heteroatoms. The van der Waals surface area contributed by atoms with Crippen molar-refractivity contribution in [3.8, 4) is 16.9 Å². The van der Waals surface area contributed by atoms with E-state index in [9.17, 15) is 9.90 Å². The first-order valence-corrected chi connectivity index (χ1v) is 10.5. The van der Waals surface area contributed by atoms with Gasteiger partial charge in [-0.3, -0.25) is 4.98 Å². The molecule has 0 amide bonds. The normalized spacial score (nSPS) is 18.9. The van der Waals surface area contributed by atoms with Crippen molar-refractivity contribution in [1.82, 2.24) is 4.98 Å². The van der Waals surface area contributed by atoms with Crippen molar-refractivity contribution in [1.29, 1.82) is 0 Å². The summed E-state index contributed by atoms with van der Waals surface area (Å²) in [6.07, 6.45) is 5.45. The Labute approximate surface area is 176 Å². The van der Waals surface area contributed by atoms with E-state index >= 15 is 0 Å². The maximum atomic E-state index is 12.6. The van der Waals surface area contributed by atoms with Gasteiger partial charge in [-0.2, -0.15) is 0 Å². The summed E-state index contributed by atoms with van der Waals surface area (Å²) in [5.41, 5.74) is 10.0. The Morgan fingerprint density at radius 1 is 1.13 bits per heavy atom. The number of fused-ring (bicyclic) bond motifs is 1. The van der Waals surface area contributed by atoms with Crippen molar-refractivity contribution < 1.29 is 14.6 Å². The first-order chi connectivity index (χ1) is 14.5. The highest BCUT2D eigenvalue weighted by molar-refractivity contribution is 6.06. The predicted molar refractivity (Wildman–Crippen MR) is 119 cm³/mol. The molecule has 3 aromatic rings. The van der Waals surface area contributed by atoms with Gasteiger partial charge >= 0.3 is 5.97 Å². The number of rotatable bonds is 5. The van der Waals surface area contributed by atoms with Crippen molar-refractivity contribution >= 4 is 22.6 Å². The van der Waals surface area contributed by atoms with Crippen LogP contribution in [0.15, 0.2) is 48.7 Å². The van der Waals surface area contributed by atoms with Gasteiger partial charge in [-0.25, -0.2) is 4.79 Å². The molecule has 6 nitrogen and oxygen atoms in total. The molecule has 1 fully saturated rings.